The van der Waals surface area contributed by atoms with E-state index in [1.807, 2.05) is 6.92 Å². The van der Waals surface area contributed by atoms with Crippen molar-refractivity contribution in [3.63, 3.8) is 0 Å². The largest absolute Gasteiger partial charge is 0.376 e. The molecular formula is C16H28N2O3. The van der Waals surface area contributed by atoms with Gasteiger partial charge in [-0.05, 0) is 33.1 Å². The molecule has 0 radical (unpaired) electrons. The van der Waals surface area contributed by atoms with Crippen LogP contribution in [-0.2, 0) is 14.3 Å². The third kappa shape index (κ3) is 3.76. The Morgan fingerprint density at radius 2 is 1.90 bits per heavy atom. The molecule has 1 saturated carbocycles. The van der Waals surface area contributed by atoms with Crippen LogP contribution in [0, 0.1) is 0 Å². The minimum atomic E-state index is -0.812. The van der Waals surface area contributed by atoms with Crippen molar-refractivity contribution in [2.75, 3.05) is 13.2 Å². The van der Waals surface area contributed by atoms with Gasteiger partial charge in [0.2, 0.25) is 11.8 Å². The Morgan fingerprint density at radius 3 is 2.52 bits per heavy atom. The second kappa shape index (κ2) is 6.77. The van der Waals surface area contributed by atoms with E-state index in [1.54, 1.807) is 18.7 Å². The van der Waals surface area contributed by atoms with Gasteiger partial charge >= 0.3 is 0 Å². The van der Waals surface area contributed by atoms with Gasteiger partial charge in [-0.15, -0.1) is 0 Å². The lowest BCUT2D eigenvalue weighted by atomic mass is 9.96. The maximum atomic E-state index is 12.5. The number of hydrogen-bond donors (Lipinski definition) is 1. The van der Waals surface area contributed by atoms with Crippen LogP contribution < -0.4 is 5.32 Å². The molecule has 0 aromatic rings. The number of nitrogens with one attached hydrogen (secondary N) is 1. The molecule has 1 saturated heterocycles. The average Bonchev–Trinajstić information content (AvgIpc) is 2.45. The molecule has 1 aliphatic carbocycles. The maximum absolute atomic E-state index is 12.5. The van der Waals surface area contributed by atoms with Crippen LogP contribution in [0.15, 0.2) is 0 Å². The molecule has 1 heterocycles. The molecule has 0 spiro atoms. The number of rotatable bonds is 5. The van der Waals surface area contributed by atoms with Crippen molar-refractivity contribution < 1.29 is 14.3 Å². The van der Waals surface area contributed by atoms with Gasteiger partial charge in [-0.2, -0.15) is 0 Å². The third-order valence-electron chi connectivity index (χ3n) is 4.53. The Bertz CT molecular complexity index is 389. The molecule has 5 nitrogen and oxygen atoms in total. The highest BCUT2D eigenvalue weighted by molar-refractivity contribution is 5.99. The average molecular weight is 296 g/mol. The van der Waals surface area contributed by atoms with Crippen molar-refractivity contribution in [3.8, 4) is 0 Å². The van der Waals surface area contributed by atoms with Gasteiger partial charge in [0.05, 0.1) is 12.7 Å². The topological polar surface area (TPSA) is 58.6 Å². The fourth-order valence-electron chi connectivity index (χ4n) is 3.30. The number of carbonyl (C=O) groups is 2. The van der Waals surface area contributed by atoms with E-state index in [0.717, 1.165) is 12.8 Å². The summed E-state index contributed by atoms with van der Waals surface area (Å²) in [6.45, 7) is 6.48. The Morgan fingerprint density at radius 1 is 1.24 bits per heavy atom. The highest BCUT2D eigenvalue weighted by Gasteiger charge is 2.44. The smallest absolute Gasteiger partial charge is 0.248 e. The standard InChI is InChI=1S/C16H28N2O3/c1-4-13-14(19)17-16(2,3)15(20)18(13)10-11-21-12-8-6-5-7-9-12/h12-13H,4-11H2,1-3H3,(H,17,19). The van der Waals surface area contributed by atoms with Gasteiger partial charge in [0, 0.05) is 6.54 Å². The summed E-state index contributed by atoms with van der Waals surface area (Å²) in [6.07, 6.45) is 6.99. The predicted molar refractivity (Wildman–Crippen MR) is 80.8 cm³/mol. The van der Waals surface area contributed by atoms with Crippen LogP contribution in [0.2, 0.25) is 0 Å². The van der Waals surface area contributed by atoms with E-state index in [2.05, 4.69) is 5.32 Å². The summed E-state index contributed by atoms with van der Waals surface area (Å²) in [5.74, 6) is -0.0686. The van der Waals surface area contributed by atoms with Crippen LogP contribution in [0.4, 0.5) is 0 Å². The van der Waals surface area contributed by atoms with Crippen LogP contribution in [-0.4, -0.2) is 47.6 Å². The normalized spacial score (nSPS) is 26.8. The van der Waals surface area contributed by atoms with E-state index in [1.165, 1.54) is 19.3 Å². The fraction of sp³-hybridized carbons (Fsp3) is 0.875. The molecule has 0 aromatic carbocycles. The molecule has 2 fully saturated rings. The predicted octanol–water partition coefficient (Wildman–Crippen LogP) is 1.85. The zero-order chi connectivity index (χ0) is 15.5. The lowest BCUT2D eigenvalue weighted by Crippen LogP contribution is -2.68. The van der Waals surface area contributed by atoms with Crippen molar-refractivity contribution in [2.45, 2.75) is 77.0 Å². The van der Waals surface area contributed by atoms with E-state index < -0.39 is 5.54 Å². The van der Waals surface area contributed by atoms with Gasteiger partial charge in [-0.3, -0.25) is 9.59 Å². The van der Waals surface area contributed by atoms with E-state index in [-0.39, 0.29) is 17.9 Å². The summed E-state index contributed by atoms with van der Waals surface area (Å²) in [4.78, 5) is 26.3. The van der Waals surface area contributed by atoms with Crippen molar-refractivity contribution >= 4 is 11.8 Å². The first kappa shape index (κ1) is 16.3. The Hall–Kier alpha value is -1.10. The Kier molecular flexibility index (Phi) is 5.25. The lowest BCUT2D eigenvalue weighted by molar-refractivity contribution is -0.154. The quantitative estimate of drug-likeness (QED) is 0.842. The number of piperazine rings is 1. The summed E-state index contributed by atoms with van der Waals surface area (Å²) >= 11 is 0. The molecule has 5 heteroatoms. The highest BCUT2D eigenvalue weighted by atomic mass is 16.5. The van der Waals surface area contributed by atoms with Gasteiger partial charge in [-0.1, -0.05) is 26.2 Å². The minimum absolute atomic E-state index is 0.0128. The number of nitrogens with zero attached hydrogens (tertiary/aromatic N) is 1. The first-order valence-corrected chi connectivity index (χ1v) is 8.20. The molecule has 120 valence electrons. The Balaban J connectivity index is 1.91. The molecular weight excluding hydrogens is 268 g/mol. The van der Waals surface area contributed by atoms with Crippen molar-refractivity contribution in [1.82, 2.24) is 10.2 Å². The van der Waals surface area contributed by atoms with Crippen molar-refractivity contribution in [1.29, 1.82) is 0 Å². The zero-order valence-corrected chi connectivity index (χ0v) is 13.5. The van der Waals surface area contributed by atoms with Gasteiger partial charge in [0.25, 0.3) is 0 Å². The van der Waals surface area contributed by atoms with Gasteiger partial charge in [0.15, 0.2) is 0 Å². The second-order valence-corrected chi connectivity index (χ2v) is 6.67. The van der Waals surface area contributed by atoms with Crippen LogP contribution >= 0.6 is 0 Å². The third-order valence-corrected chi connectivity index (χ3v) is 4.53. The summed E-state index contributed by atoms with van der Waals surface area (Å²) in [5.41, 5.74) is -0.812. The SMILES string of the molecule is CCC1C(=O)NC(C)(C)C(=O)N1CCOC1CCCCC1. The first-order chi connectivity index (χ1) is 9.95. The molecule has 1 atom stereocenters. The van der Waals surface area contributed by atoms with E-state index in [9.17, 15) is 9.59 Å². The molecule has 2 aliphatic rings. The minimum Gasteiger partial charge on any atom is -0.376 e. The van der Waals surface area contributed by atoms with Gasteiger partial charge in [-0.25, -0.2) is 0 Å². The second-order valence-electron chi connectivity index (χ2n) is 6.67. The molecule has 1 N–H and O–H groups in total. The molecule has 2 rings (SSSR count). The van der Waals surface area contributed by atoms with Crippen molar-refractivity contribution in [2.24, 2.45) is 0 Å². The number of ether oxygens (including phenoxy) is 1. The summed E-state index contributed by atoms with van der Waals surface area (Å²) in [5, 5.41) is 2.81. The fourth-order valence-corrected chi connectivity index (χ4v) is 3.30. The van der Waals surface area contributed by atoms with Crippen LogP contribution in [0.3, 0.4) is 0 Å². The highest BCUT2D eigenvalue weighted by Crippen LogP contribution is 2.22. The van der Waals surface area contributed by atoms with Crippen LogP contribution in [0.1, 0.15) is 59.3 Å². The Labute approximate surface area is 127 Å². The molecule has 2 amide bonds. The number of hydrogen-bond acceptors (Lipinski definition) is 3. The summed E-state index contributed by atoms with van der Waals surface area (Å²) < 4.78 is 5.90. The van der Waals surface area contributed by atoms with Gasteiger partial charge in [0.1, 0.15) is 11.6 Å². The maximum Gasteiger partial charge on any atom is 0.248 e. The van der Waals surface area contributed by atoms with Crippen LogP contribution in [0.5, 0.6) is 0 Å². The van der Waals surface area contributed by atoms with Gasteiger partial charge < -0.3 is 15.0 Å². The summed E-state index contributed by atoms with van der Waals surface area (Å²) in [6, 6.07) is -0.361. The lowest BCUT2D eigenvalue weighted by Gasteiger charge is -2.42. The summed E-state index contributed by atoms with van der Waals surface area (Å²) in [7, 11) is 0. The number of amides is 2. The van der Waals surface area contributed by atoms with E-state index >= 15 is 0 Å². The zero-order valence-electron chi connectivity index (χ0n) is 13.5. The molecule has 0 bridgehead atoms. The van der Waals surface area contributed by atoms with E-state index in [4.69, 9.17) is 4.74 Å². The van der Waals surface area contributed by atoms with E-state index in [0.29, 0.717) is 25.7 Å². The molecule has 0 aromatic heterocycles. The monoisotopic (exact) mass is 296 g/mol. The molecule has 21 heavy (non-hydrogen) atoms. The van der Waals surface area contributed by atoms with Crippen molar-refractivity contribution in [3.05, 3.63) is 0 Å². The molecule has 1 unspecified atom stereocenters. The first-order valence-electron chi connectivity index (χ1n) is 8.20. The molecule has 1 aliphatic heterocycles. The number of carbonyl (C=O) groups excluding carboxylic acids is 2. The van der Waals surface area contributed by atoms with Crippen LogP contribution in [0.25, 0.3) is 0 Å².